The van der Waals surface area contributed by atoms with E-state index in [0.29, 0.717) is 6.42 Å². The maximum absolute atomic E-state index is 12.0. The van der Waals surface area contributed by atoms with E-state index >= 15 is 0 Å². The fourth-order valence-corrected chi connectivity index (χ4v) is 2.09. The van der Waals surface area contributed by atoms with Gasteiger partial charge in [-0.25, -0.2) is 0 Å². The van der Waals surface area contributed by atoms with Crippen LogP contribution in [0.15, 0.2) is 18.2 Å². The highest BCUT2D eigenvalue weighted by Crippen LogP contribution is 2.17. The Kier molecular flexibility index (Phi) is 6.37. The number of nitrogens with one attached hydrogen (secondary N) is 1. The Balaban J connectivity index is 2.61. The molecule has 0 heterocycles. The van der Waals surface area contributed by atoms with Crippen LogP contribution in [-0.2, 0) is 9.59 Å². The minimum absolute atomic E-state index is 0.00360. The zero-order valence-corrected chi connectivity index (χ0v) is 13.3. The lowest BCUT2D eigenvalue weighted by atomic mass is 10.1. The number of hydrogen-bond donors (Lipinski definition) is 2. The van der Waals surface area contributed by atoms with Crippen molar-refractivity contribution in [3.8, 4) is 0 Å². The Morgan fingerprint density at radius 1 is 1.33 bits per heavy atom. The van der Waals surface area contributed by atoms with Gasteiger partial charge in [-0.1, -0.05) is 25.5 Å². The number of amides is 2. The molecule has 0 bridgehead atoms. The van der Waals surface area contributed by atoms with Gasteiger partial charge < -0.3 is 16.0 Å². The van der Waals surface area contributed by atoms with Gasteiger partial charge >= 0.3 is 0 Å². The summed E-state index contributed by atoms with van der Waals surface area (Å²) in [7, 11) is 1.60. The standard InChI is InChI=1S/C16H25N3O2/c1-5-7-13(17)16(21)19(4)10-15(20)18-14-9-6-8-11(2)12(14)3/h6,8-9,13H,5,7,10,17H2,1-4H3,(H,18,20). The largest absolute Gasteiger partial charge is 0.335 e. The molecule has 0 saturated carbocycles. The third kappa shape index (κ3) is 4.86. The second-order valence-corrected chi connectivity index (χ2v) is 5.39. The van der Waals surface area contributed by atoms with Crippen LogP contribution in [0, 0.1) is 13.8 Å². The molecule has 5 nitrogen and oxygen atoms in total. The van der Waals surface area contributed by atoms with Crippen molar-refractivity contribution >= 4 is 17.5 Å². The van der Waals surface area contributed by atoms with Crippen LogP contribution in [0.5, 0.6) is 0 Å². The fourth-order valence-electron chi connectivity index (χ4n) is 2.09. The summed E-state index contributed by atoms with van der Waals surface area (Å²) < 4.78 is 0. The number of aryl methyl sites for hydroxylation is 1. The second kappa shape index (κ2) is 7.78. The predicted octanol–water partition coefficient (Wildman–Crippen LogP) is 1.83. The second-order valence-electron chi connectivity index (χ2n) is 5.39. The number of carbonyl (C=O) groups is 2. The molecule has 0 aliphatic rings. The Hall–Kier alpha value is -1.88. The summed E-state index contributed by atoms with van der Waals surface area (Å²) in [5, 5.41) is 2.83. The first-order valence-corrected chi connectivity index (χ1v) is 7.23. The van der Waals surface area contributed by atoms with Crippen LogP contribution in [0.3, 0.4) is 0 Å². The van der Waals surface area contributed by atoms with Gasteiger partial charge in [-0.05, 0) is 37.5 Å². The number of likely N-dealkylation sites (N-methyl/N-ethyl adjacent to an activating group) is 1. The summed E-state index contributed by atoms with van der Waals surface area (Å²) in [5.41, 5.74) is 8.70. The van der Waals surface area contributed by atoms with Gasteiger partial charge in [-0.15, -0.1) is 0 Å². The molecule has 1 aromatic carbocycles. The van der Waals surface area contributed by atoms with E-state index in [1.807, 2.05) is 39.0 Å². The van der Waals surface area contributed by atoms with Gasteiger partial charge in [0.05, 0.1) is 12.6 Å². The number of nitrogens with zero attached hydrogens (tertiary/aromatic N) is 1. The van der Waals surface area contributed by atoms with Gasteiger partial charge in [0.15, 0.2) is 0 Å². The topological polar surface area (TPSA) is 75.4 Å². The maximum atomic E-state index is 12.0. The van der Waals surface area contributed by atoms with E-state index in [0.717, 1.165) is 23.2 Å². The van der Waals surface area contributed by atoms with E-state index in [2.05, 4.69) is 5.32 Å². The van der Waals surface area contributed by atoms with Gasteiger partial charge in [-0.3, -0.25) is 9.59 Å². The lowest BCUT2D eigenvalue weighted by Gasteiger charge is -2.21. The SMILES string of the molecule is CCCC(N)C(=O)N(C)CC(=O)Nc1cccc(C)c1C. The summed E-state index contributed by atoms with van der Waals surface area (Å²) in [4.78, 5) is 25.4. The van der Waals surface area contributed by atoms with Gasteiger partial charge in [0, 0.05) is 12.7 Å². The van der Waals surface area contributed by atoms with E-state index in [9.17, 15) is 9.59 Å². The van der Waals surface area contributed by atoms with Gasteiger partial charge in [0.2, 0.25) is 11.8 Å². The molecular weight excluding hydrogens is 266 g/mol. The highest BCUT2D eigenvalue weighted by molar-refractivity contribution is 5.95. The van der Waals surface area contributed by atoms with Crippen molar-refractivity contribution in [2.75, 3.05) is 18.9 Å². The first-order chi connectivity index (χ1) is 9.86. The molecule has 0 spiro atoms. The highest BCUT2D eigenvalue weighted by Gasteiger charge is 2.19. The quantitative estimate of drug-likeness (QED) is 0.839. The van der Waals surface area contributed by atoms with E-state index < -0.39 is 6.04 Å². The molecule has 0 aliphatic heterocycles. The third-order valence-corrected chi connectivity index (χ3v) is 3.55. The Morgan fingerprint density at radius 2 is 2.00 bits per heavy atom. The van der Waals surface area contributed by atoms with Crippen molar-refractivity contribution in [2.45, 2.75) is 39.7 Å². The lowest BCUT2D eigenvalue weighted by molar-refractivity contribution is -0.134. The van der Waals surface area contributed by atoms with E-state index in [4.69, 9.17) is 5.73 Å². The Labute approximate surface area is 126 Å². The molecule has 2 amide bonds. The molecule has 116 valence electrons. The molecule has 0 fully saturated rings. The molecule has 1 aromatic rings. The van der Waals surface area contributed by atoms with E-state index in [1.165, 1.54) is 4.90 Å². The van der Waals surface area contributed by atoms with Crippen molar-refractivity contribution in [3.05, 3.63) is 29.3 Å². The van der Waals surface area contributed by atoms with Gasteiger partial charge in [0.1, 0.15) is 0 Å². The Morgan fingerprint density at radius 3 is 2.62 bits per heavy atom. The van der Waals surface area contributed by atoms with Gasteiger partial charge in [-0.2, -0.15) is 0 Å². The van der Waals surface area contributed by atoms with E-state index in [1.54, 1.807) is 7.05 Å². The zero-order valence-electron chi connectivity index (χ0n) is 13.3. The van der Waals surface area contributed by atoms with Crippen LogP contribution in [-0.4, -0.2) is 36.3 Å². The van der Waals surface area contributed by atoms with Crippen LogP contribution >= 0.6 is 0 Å². The van der Waals surface area contributed by atoms with Crippen molar-refractivity contribution in [1.29, 1.82) is 0 Å². The van der Waals surface area contributed by atoms with Crippen LogP contribution in [0.25, 0.3) is 0 Å². The minimum Gasteiger partial charge on any atom is -0.335 e. The maximum Gasteiger partial charge on any atom is 0.243 e. The normalized spacial score (nSPS) is 11.9. The third-order valence-electron chi connectivity index (χ3n) is 3.55. The first-order valence-electron chi connectivity index (χ1n) is 7.23. The molecular formula is C16H25N3O2. The van der Waals surface area contributed by atoms with Crippen LogP contribution in [0.4, 0.5) is 5.69 Å². The summed E-state index contributed by atoms with van der Waals surface area (Å²) in [6.07, 6.45) is 1.47. The molecule has 0 aromatic heterocycles. The van der Waals surface area contributed by atoms with Crippen LogP contribution in [0.2, 0.25) is 0 Å². The summed E-state index contributed by atoms with van der Waals surface area (Å²) >= 11 is 0. The average Bonchev–Trinajstić information content (AvgIpc) is 2.43. The fraction of sp³-hybridized carbons (Fsp3) is 0.500. The molecule has 5 heteroatoms. The monoisotopic (exact) mass is 291 g/mol. The molecule has 0 aliphatic carbocycles. The predicted molar refractivity (Wildman–Crippen MR) is 85.1 cm³/mol. The summed E-state index contributed by atoms with van der Waals surface area (Å²) in [5.74, 6) is -0.420. The summed E-state index contributed by atoms with van der Waals surface area (Å²) in [6, 6.07) is 5.20. The van der Waals surface area contributed by atoms with Crippen molar-refractivity contribution in [3.63, 3.8) is 0 Å². The van der Waals surface area contributed by atoms with E-state index in [-0.39, 0.29) is 18.4 Å². The molecule has 1 atom stereocenters. The van der Waals surface area contributed by atoms with Crippen molar-refractivity contribution in [2.24, 2.45) is 5.73 Å². The number of hydrogen-bond acceptors (Lipinski definition) is 3. The van der Waals surface area contributed by atoms with Crippen molar-refractivity contribution < 1.29 is 9.59 Å². The number of rotatable bonds is 6. The van der Waals surface area contributed by atoms with Gasteiger partial charge in [0.25, 0.3) is 0 Å². The number of anilines is 1. The highest BCUT2D eigenvalue weighted by atomic mass is 16.2. The molecule has 0 saturated heterocycles. The zero-order chi connectivity index (χ0) is 16.0. The Bertz CT molecular complexity index is 514. The average molecular weight is 291 g/mol. The molecule has 3 N–H and O–H groups in total. The number of carbonyl (C=O) groups excluding carboxylic acids is 2. The van der Waals surface area contributed by atoms with Crippen LogP contribution in [0.1, 0.15) is 30.9 Å². The lowest BCUT2D eigenvalue weighted by Crippen LogP contribution is -2.44. The number of nitrogens with two attached hydrogens (primary N) is 1. The number of benzene rings is 1. The molecule has 0 radical (unpaired) electrons. The molecule has 1 unspecified atom stereocenters. The minimum atomic E-state index is -0.534. The molecule has 1 rings (SSSR count). The van der Waals surface area contributed by atoms with Crippen LogP contribution < -0.4 is 11.1 Å². The molecule has 21 heavy (non-hydrogen) atoms. The summed E-state index contributed by atoms with van der Waals surface area (Å²) in [6.45, 7) is 5.92. The van der Waals surface area contributed by atoms with Crippen molar-refractivity contribution in [1.82, 2.24) is 4.90 Å². The smallest absolute Gasteiger partial charge is 0.243 e. The first kappa shape index (κ1) is 17.2.